The van der Waals surface area contributed by atoms with Crippen LogP contribution in [0.25, 0.3) is 0 Å². The fourth-order valence-corrected chi connectivity index (χ4v) is 5.34. The zero-order chi connectivity index (χ0) is 28.6. The molecule has 10 heteroatoms. The molecule has 208 valence electrons. The molecule has 2 amide bonds. The lowest BCUT2D eigenvalue weighted by molar-refractivity contribution is -0.139. The van der Waals surface area contributed by atoms with Gasteiger partial charge in [0.1, 0.15) is 0 Å². The quantitative estimate of drug-likeness (QED) is 0.451. The monoisotopic (exact) mass is 534 g/mol. The van der Waals surface area contributed by atoms with Crippen LogP contribution >= 0.6 is 0 Å². The fraction of sp³-hybridized carbons (Fsp3) is 0.679. The summed E-state index contributed by atoms with van der Waals surface area (Å²) in [6.45, 7) is 0.998. The number of carbonyl (C=O) groups is 2. The van der Waals surface area contributed by atoms with Gasteiger partial charge in [-0.25, -0.2) is 5.01 Å². The Hall–Kier alpha value is -2.75. The molecule has 0 N–H and O–H groups in total. The van der Waals surface area contributed by atoms with Gasteiger partial charge < -0.3 is 14.4 Å². The first-order valence-corrected chi connectivity index (χ1v) is 13.6. The molecule has 2 saturated heterocycles. The lowest BCUT2D eigenvalue weighted by Crippen LogP contribution is -2.49. The van der Waals surface area contributed by atoms with E-state index in [2.05, 4.69) is 4.74 Å². The Kier molecular flexibility index (Phi) is 7.14. The molecule has 2 unspecified atom stereocenters. The van der Waals surface area contributed by atoms with Gasteiger partial charge in [0.15, 0.2) is 11.5 Å². The third-order valence-electron chi connectivity index (χ3n) is 7.83. The Balaban J connectivity index is 1.27. The van der Waals surface area contributed by atoms with Gasteiger partial charge in [-0.2, -0.15) is 13.9 Å². The van der Waals surface area contributed by atoms with Gasteiger partial charge in [-0.3, -0.25) is 14.5 Å². The van der Waals surface area contributed by atoms with Crippen molar-refractivity contribution < 1.29 is 30.6 Å². The lowest BCUT2D eigenvalue weighted by Gasteiger charge is -2.36. The summed E-state index contributed by atoms with van der Waals surface area (Å²) in [5.74, 6) is 0.541. The Bertz CT molecular complexity index is 1130. The van der Waals surface area contributed by atoms with Gasteiger partial charge in [-0.05, 0) is 83.1 Å². The van der Waals surface area contributed by atoms with Crippen LogP contribution in [0.4, 0.5) is 8.78 Å². The Morgan fingerprint density at radius 1 is 1.16 bits per heavy atom. The molecule has 3 fully saturated rings. The number of hydrogen-bond donors (Lipinski definition) is 0. The van der Waals surface area contributed by atoms with Gasteiger partial charge in [-0.15, -0.1) is 0 Å². The maximum absolute atomic E-state index is 13.5. The SMILES string of the molecule is [2H]C1CCC([2H])N1CC(=O)N1CCC(N2N=C(c3ccc(OC(F)F)c(OCCC4CC4)c3)C(C)(C)C2=O)CC1. The number of hydrazone groups is 1. The number of benzene rings is 1. The molecule has 38 heavy (non-hydrogen) atoms. The van der Waals surface area contributed by atoms with Gasteiger partial charge in [0.25, 0.3) is 5.91 Å². The minimum absolute atomic E-state index is 0.0476. The maximum atomic E-state index is 13.5. The van der Waals surface area contributed by atoms with Crippen molar-refractivity contribution >= 4 is 17.5 Å². The Labute approximate surface area is 225 Å². The van der Waals surface area contributed by atoms with Crippen molar-refractivity contribution in [2.24, 2.45) is 16.4 Å². The molecular formula is C28H38F2N4O4. The molecule has 5 rings (SSSR count). The second kappa shape index (κ2) is 11.2. The molecule has 0 radical (unpaired) electrons. The van der Waals surface area contributed by atoms with Crippen LogP contribution in [0.2, 0.25) is 0 Å². The number of alkyl halides is 2. The third-order valence-corrected chi connectivity index (χ3v) is 7.83. The summed E-state index contributed by atoms with van der Waals surface area (Å²) in [4.78, 5) is 29.7. The number of nitrogens with zero attached hydrogens (tertiary/aromatic N) is 4. The van der Waals surface area contributed by atoms with E-state index in [1.807, 2.05) is 0 Å². The molecule has 0 spiro atoms. The number of rotatable bonds is 10. The normalized spacial score (nSPS) is 27.0. The van der Waals surface area contributed by atoms with Crippen LogP contribution in [0.1, 0.15) is 67.1 Å². The maximum Gasteiger partial charge on any atom is 0.387 e. The molecule has 8 nitrogen and oxygen atoms in total. The van der Waals surface area contributed by atoms with Crippen molar-refractivity contribution in [2.45, 2.75) is 71.4 Å². The van der Waals surface area contributed by atoms with Crippen molar-refractivity contribution in [2.75, 3.05) is 39.3 Å². The predicted octanol–water partition coefficient (Wildman–Crippen LogP) is 4.13. The number of ether oxygens (including phenoxy) is 2. The number of carbonyl (C=O) groups excluding carboxylic acids is 2. The molecule has 0 bridgehead atoms. The summed E-state index contributed by atoms with van der Waals surface area (Å²) in [7, 11) is 0. The topological polar surface area (TPSA) is 74.7 Å². The van der Waals surface area contributed by atoms with Crippen LogP contribution in [0, 0.1) is 11.3 Å². The van der Waals surface area contributed by atoms with Crippen LogP contribution in [-0.4, -0.2) is 84.3 Å². The first kappa shape index (κ1) is 24.3. The molecule has 4 aliphatic rings. The van der Waals surface area contributed by atoms with Crippen molar-refractivity contribution in [1.82, 2.24) is 14.8 Å². The van der Waals surface area contributed by atoms with E-state index in [0.29, 0.717) is 62.6 Å². The van der Waals surface area contributed by atoms with Crippen LogP contribution < -0.4 is 9.47 Å². The zero-order valence-electron chi connectivity index (χ0n) is 24.1. The van der Waals surface area contributed by atoms with E-state index in [4.69, 9.17) is 12.6 Å². The average molecular weight is 535 g/mol. The highest BCUT2D eigenvalue weighted by molar-refractivity contribution is 6.19. The summed E-state index contributed by atoms with van der Waals surface area (Å²) in [6, 6.07) is 4.51. The Morgan fingerprint density at radius 2 is 1.87 bits per heavy atom. The van der Waals surface area contributed by atoms with Crippen LogP contribution in [0.15, 0.2) is 23.3 Å². The summed E-state index contributed by atoms with van der Waals surface area (Å²) < 4.78 is 52.7. The Morgan fingerprint density at radius 3 is 2.53 bits per heavy atom. The van der Waals surface area contributed by atoms with E-state index in [9.17, 15) is 18.4 Å². The van der Waals surface area contributed by atoms with Gasteiger partial charge in [0, 0.05) is 21.4 Å². The number of piperidine rings is 1. The minimum Gasteiger partial charge on any atom is -0.490 e. The highest BCUT2D eigenvalue weighted by Crippen LogP contribution is 2.39. The first-order chi connectivity index (χ1) is 19.0. The largest absolute Gasteiger partial charge is 0.490 e. The second-order valence-electron chi connectivity index (χ2n) is 11.1. The lowest BCUT2D eigenvalue weighted by atomic mass is 9.83. The standard InChI is InChI=1S/C28H38F2N4O4/c1-28(2)25(20-7-8-22(38-27(29)30)23(17-20)37-16-11-19-5-6-19)31-34(26(28)36)21-9-14-33(15-10-21)24(35)18-32-12-3-4-13-32/h7-8,17,19,21,27H,3-6,9-16,18H2,1-2H3/i12D,13D. The summed E-state index contributed by atoms with van der Waals surface area (Å²) in [5, 5.41) is 6.26. The summed E-state index contributed by atoms with van der Waals surface area (Å²) >= 11 is 0. The first-order valence-electron chi connectivity index (χ1n) is 14.7. The fourth-order valence-electron chi connectivity index (χ4n) is 5.34. The second-order valence-corrected chi connectivity index (χ2v) is 11.1. The molecule has 1 aromatic carbocycles. The zero-order valence-corrected chi connectivity index (χ0v) is 22.1. The molecular weight excluding hydrogens is 494 g/mol. The predicted molar refractivity (Wildman–Crippen MR) is 138 cm³/mol. The molecule has 1 saturated carbocycles. The summed E-state index contributed by atoms with van der Waals surface area (Å²) in [5.41, 5.74) is 0.200. The highest BCUT2D eigenvalue weighted by atomic mass is 19.3. The highest BCUT2D eigenvalue weighted by Gasteiger charge is 2.47. The molecule has 1 aliphatic carbocycles. The van der Waals surface area contributed by atoms with Crippen LogP contribution in [0.5, 0.6) is 11.5 Å². The van der Waals surface area contributed by atoms with Crippen molar-refractivity contribution in [3.8, 4) is 11.5 Å². The molecule has 0 aromatic heterocycles. The van der Waals surface area contributed by atoms with Gasteiger partial charge in [-0.1, -0.05) is 12.8 Å². The van der Waals surface area contributed by atoms with Crippen LogP contribution in [-0.2, 0) is 9.59 Å². The van der Waals surface area contributed by atoms with E-state index in [0.717, 1.165) is 19.3 Å². The van der Waals surface area contributed by atoms with Crippen molar-refractivity contribution in [3.05, 3.63) is 23.8 Å². The third kappa shape index (κ3) is 5.95. The molecule has 3 aliphatic heterocycles. The van der Waals surface area contributed by atoms with Crippen LogP contribution in [0.3, 0.4) is 0 Å². The van der Waals surface area contributed by atoms with E-state index < -0.39 is 25.1 Å². The van der Waals surface area contributed by atoms with E-state index in [-0.39, 0.29) is 35.9 Å². The average Bonchev–Trinajstić information content (AvgIpc) is 3.65. The smallest absolute Gasteiger partial charge is 0.387 e. The van der Waals surface area contributed by atoms with E-state index in [1.54, 1.807) is 35.8 Å². The van der Waals surface area contributed by atoms with E-state index >= 15 is 0 Å². The van der Waals surface area contributed by atoms with Gasteiger partial charge in [0.05, 0.1) is 30.3 Å². The molecule has 1 aromatic rings. The van der Waals surface area contributed by atoms with E-state index in [1.165, 1.54) is 11.1 Å². The number of likely N-dealkylation sites (tertiary alicyclic amines) is 2. The van der Waals surface area contributed by atoms with Gasteiger partial charge >= 0.3 is 6.61 Å². The van der Waals surface area contributed by atoms with Crippen molar-refractivity contribution in [1.29, 1.82) is 0 Å². The molecule has 2 atom stereocenters. The number of halogens is 2. The summed E-state index contributed by atoms with van der Waals surface area (Å²) in [6.07, 6.45) is 5.51. The number of amides is 2. The minimum atomic E-state index is -2.98. The van der Waals surface area contributed by atoms with Gasteiger partial charge in [0.2, 0.25) is 5.91 Å². The molecule has 3 heterocycles. The number of hydrogen-bond acceptors (Lipinski definition) is 6. The van der Waals surface area contributed by atoms with Crippen molar-refractivity contribution in [3.63, 3.8) is 0 Å².